The number of benzene rings is 2. The summed E-state index contributed by atoms with van der Waals surface area (Å²) >= 11 is 0. The number of nitrogens with one attached hydrogen (secondary N) is 1. The van der Waals surface area contributed by atoms with Gasteiger partial charge in [-0.3, -0.25) is 9.59 Å². The van der Waals surface area contributed by atoms with Gasteiger partial charge in [0.2, 0.25) is 0 Å². The Kier molecular flexibility index (Phi) is 8.85. The van der Waals surface area contributed by atoms with Gasteiger partial charge in [-0.2, -0.15) is 13.2 Å². The number of nitrogens with zero attached hydrogens (tertiary/aromatic N) is 5. The minimum absolute atomic E-state index is 0.0274. The van der Waals surface area contributed by atoms with Crippen LogP contribution in [0.1, 0.15) is 71.5 Å². The fourth-order valence-electron chi connectivity index (χ4n) is 7.83. The Morgan fingerprint density at radius 1 is 1.23 bits per heavy atom. The first-order valence-corrected chi connectivity index (χ1v) is 16.0. The van der Waals surface area contributed by atoms with Crippen LogP contribution in [0, 0.1) is 23.7 Å². The van der Waals surface area contributed by atoms with Gasteiger partial charge in [-0.25, -0.2) is 0 Å². The van der Waals surface area contributed by atoms with Crippen molar-refractivity contribution in [3.63, 3.8) is 0 Å². The molecule has 1 aliphatic carbocycles. The fourth-order valence-corrected chi connectivity index (χ4v) is 7.83. The Labute approximate surface area is 278 Å². The molecule has 0 bridgehead atoms. The molecule has 2 aliphatic heterocycles. The number of carbonyl (C=O) groups is 2. The van der Waals surface area contributed by atoms with Gasteiger partial charge in [0.25, 0.3) is 11.8 Å². The zero-order valence-electron chi connectivity index (χ0n) is 27.5. The lowest BCUT2D eigenvalue weighted by Gasteiger charge is -2.46. The average Bonchev–Trinajstić information content (AvgIpc) is 3.75. The fraction of sp³-hybridized carbons (Fsp3) is 0.444. The molecule has 1 N–H and O–H groups in total. The Hall–Kier alpha value is -4.63. The highest BCUT2D eigenvalue weighted by atomic mass is 19.4. The van der Waals surface area contributed by atoms with Gasteiger partial charge in [0, 0.05) is 43.9 Å². The first-order valence-electron chi connectivity index (χ1n) is 16.0. The van der Waals surface area contributed by atoms with Crippen LogP contribution in [0.25, 0.3) is 0 Å². The van der Waals surface area contributed by atoms with Crippen LogP contribution >= 0.6 is 0 Å². The first kappa shape index (κ1) is 33.3. The Balaban J connectivity index is 1.23. The number of anilines is 1. The van der Waals surface area contributed by atoms with E-state index < -0.39 is 23.7 Å². The molecule has 2 amide bonds. The molecule has 12 heteroatoms. The van der Waals surface area contributed by atoms with E-state index in [0.29, 0.717) is 42.4 Å². The van der Waals surface area contributed by atoms with Crippen molar-refractivity contribution >= 4 is 17.5 Å². The van der Waals surface area contributed by atoms with Gasteiger partial charge in [-0.05, 0) is 79.0 Å². The van der Waals surface area contributed by atoms with Crippen molar-refractivity contribution in [3.8, 4) is 11.8 Å². The summed E-state index contributed by atoms with van der Waals surface area (Å²) in [5.41, 5.74) is 0.679. The van der Waals surface area contributed by atoms with E-state index >= 15 is 0 Å². The summed E-state index contributed by atoms with van der Waals surface area (Å²) in [6, 6.07) is 9.79. The average molecular weight is 661 g/mol. The van der Waals surface area contributed by atoms with Crippen LogP contribution in [0.3, 0.4) is 0 Å². The molecular weight excluding hydrogens is 621 g/mol. The molecule has 1 saturated carbocycles. The van der Waals surface area contributed by atoms with E-state index in [4.69, 9.17) is 4.74 Å². The van der Waals surface area contributed by atoms with Crippen LogP contribution in [0.4, 0.5) is 18.9 Å². The molecule has 252 valence electrons. The molecule has 1 aromatic heterocycles. The summed E-state index contributed by atoms with van der Waals surface area (Å²) in [6.07, 6.45) is -0.624. The molecule has 9 nitrogen and oxygen atoms in total. The topological polar surface area (TPSA) is 92.6 Å². The third kappa shape index (κ3) is 5.85. The highest BCUT2D eigenvalue weighted by Gasteiger charge is 2.48. The largest absolute Gasteiger partial charge is 0.500 e. The third-order valence-electron chi connectivity index (χ3n) is 9.99. The minimum atomic E-state index is -4.65. The van der Waals surface area contributed by atoms with Gasteiger partial charge >= 0.3 is 6.18 Å². The van der Waals surface area contributed by atoms with Crippen LogP contribution in [0.5, 0.6) is 0 Å². The van der Waals surface area contributed by atoms with E-state index in [-0.39, 0.29) is 41.5 Å². The Bertz CT molecular complexity index is 1820. The summed E-state index contributed by atoms with van der Waals surface area (Å²) in [5.74, 6) is 6.04. The number of rotatable bonds is 9. The number of alkyl halides is 3. The van der Waals surface area contributed by atoms with Crippen molar-refractivity contribution < 1.29 is 27.5 Å². The number of aryl methyl sites for hydroxylation is 1. The quantitative estimate of drug-likeness (QED) is 0.251. The number of likely N-dealkylation sites (tertiary alicyclic amines) is 1. The second kappa shape index (κ2) is 12.8. The molecule has 2 atom stereocenters. The second-order valence-electron chi connectivity index (χ2n) is 13.1. The van der Waals surface area contributed by atoms with Gasteiger partial charge < -0.3 is 24.4 Å². The maximum absolute atomic E-state index is 14.5. The van der Waals surface area contributed by atoms with Gasteiger partial charge in [-0.1, -0.05) is 31.6 Å². The Morgan fingerprint density at radius 3 is 2.65 bits per heavy atom. The monoisotopic (exact) mass is 660 g/mol. The van der Waals surface area contributed by atoms with E-state index in [2.05, 4.69) is 40.9 Å². The molecule has 3 aromatic rings. The maximum atomic E-state index is 14.5. The molecule has 2 fully saturated rings. The lowest BCUT2D eigenvalue weighted by atomic mass is 9.58. The normalized spacial score (nSPS) is 23.4. The van der Waals surface area contributed by atoms with E-state index in [0.717, 1.165) is 30.3 Å². The number of carbonyl (C=O) groups excluding carboxylic acids is 2. The number of aromatic nitrogens is 3. The van der Waals surface area contributed by atoms with E-state index in [1.807, 2.05) is 29.8 Å². The molecule has 3 aliphatic rings. The summed E-state index contributed by atoms with van der Waals surface area (Å²) in [7, 11) is 3.39. The minimum Gasteiger partial charge on any atom is -0.500 e. The predicted molar refractivity (Wildman–Crippen MR) is 173 cm³/mol. The first-order chi connectivity index (χ1) is 22.9. The molecule has 0 radical (unpaired) electrons. The van der Waals surface area contributed by atoms with Crippen molar-refractivity contribution in [2.24, 2.45) is 18.9 Å². The number of halogens is 3. The molecule has 2 aromatic carbocycles. The highest BCUT2D eigenvalue weighted by molar-refractivity contribution is 6.10. The number of ether oxygens (including phenoxy) is 1. The molecule has 0 spiro atoms. The lowest BCUT2D eigenvalue weighted by molar-refractivity contribution is -0.138. The van der Waals surface area contributed by atoms with Gasteiger partial charge in [0.15, 0.2) is 0 Å². The number of methoxy groups -OCH3 is 1. The van der Waals surface area contributed by atoms with Crippen molar-refractivity contribution in [1.29, 1.82) is 0 Å². The van der Waals surface area contributed by atoms with Crippen LogP contribution in [-0.4, -0.2) is 57.7 Å². The van der Waals surface area contributed by atoms with Gasteiger partial charge in [-0.15, -0.1) is 10.2 Å². The molecule has 3 heterocycles. The number of hydrogen-bond acceptors (Lipinski definition) is 6. The van der Waals surface area contributed by atoms with Crippen LogP contribution < -0.4 is 10.2 Å². The number of fused-ring (bicyclic) bond motifs is 1. The number of amides is 2. The maximum Gasteiger partial charge on any atom is 0.416 e. The zero-order chi connectivity index (χ0) is 34.4. The van der Waals surface area contributed by atoms with Crippen LogP contribution in [0.2, 0.25) is 0 Å². The van der Waals surface area contributed by atoms with Crippen molar-refractivity contribution in [1.82, 2.24) is 25.0 Å². The molecule has 0 unspecified atom stereocenters. The molecule has 6 rings (SSSR count). The standard InChI is InChI=1S/C36H39F3N6O3/c1-6-8-31(46)44-12-11-25(32(44)23(3)48-5)19-40-18-24-13-28-29(30(14-24)36(37,38)39)20-45(33(28)47)27-10-7-9-26(15-27)35(16-22(2)17-35)34-42-41-21-43(34)4/h7,9-10,13-15,21-22,25,32,40H,3,11-12,16-20H2,1-2,4-5H3/t22?,25-,32+,35?/m0/s1. The Morgan fingerprint density at radius 2 is 2.00 bits per heavy atom. The zero-order valence-corrected chi connectivity index (χ0v) is 27.5. The summed E-state index contributed by atoms with van der Waals surface area (Å²) < 4.78 is 50.7. The van der Waals surface area contributed by atoms with Gasteiger partial charge in [0.1, 0.15) is 17.9 Å². The summed E-state index contributed by atoms with van der Waals surface area (Å²) in [4.78, 5) is 29.5. The van der Waals surface area contributed by atoms with Crippen molar-refractivity contribution in [2.75, 3.05) is 25.1 Å². The van der Waals surface area contributed by atoms with E-state index in [1.54, 1.807) is 30.3 Å². The molecule has 48 heavy (non-hydrogen) atoms. The SMILES string of the molecule is C=C(OC)[C@@H]1[C@H](CNCc2cc3c(c(C(F)(F)F)c2)CN(c2cccc(C4(c5nncn5C)CC(C)C4)c2)C3=O)CCN1C(=O)C#CC. The van der Waals surface area contributed by atoms with Crippen LogP contribution in [0.15, 0.2) is 55.1 Å². The smallest absolute Gasteiger partial charge is 0.416 e. The highest BCUT2D eigenvalue weighted by Crippen LogP contribution is 2.52. The summed E-state index contributed by atoms with van der Waals surface area (Å²) in [6.45, 7) is 8.51. The van der Waals surface area contributed by atoms with E-state index in [9.17, 15) is 22.8 Å². The second-order valence-corrected chi connectivity index (χ2v) is 13.1. The lowest BCUT2D eigenvalue weighted by Crippen LogP contribution is -2.43. The van der Waals surface area contributed by atoms with Crippen LogP contribution in [-0.2, 0) is 41.3 Å². The molecule has 1 saturated heterocycles. The van der Waals surface area contributed by atoms with Crippen molar-refractivity contribution in [3.05, 3.63) is 88.7 Å². The number of hydrogen-bond donors (Lipinski definition) is 1. The van der Waals surface area contributed by atoms with Gasteiger partial charge in [0.05, 0.1) is 30.7 Å². The predicted octanol–water partition coefficient (Wildman–Crippen LogP) is 5.20. The van der Waals surface area contributed by atoms with E-state index in [1.165, 1.54) is 12.0 Å². The third-order valence-corrected chi connectivity index (χ3v) is 9.99. The summed E-state index contributed by atoms with van der Waals surface area (Å²) in [5, 5.41) is 11.7. The van der Waals surface area contributed by atoms with Crippen molar-refractivity contribution in [2.45, 2.75) is 63.8 Å². The molecular formula is C36H39F3N6O3.